The van der Waals surface area contributed by atoms with E-state index in [-0.39, 0.29) is 24.7 Å². The third-order valence-corrected chi connectivity index (χ3v) is 7.05. The highest BCUT2D eigenvalue weighted by molar-refractivity contribution is 8.00. The SMILES string of the molecule is O=C1N[C@H]2[C@H](CS[C@H]2CCCCCc2cn(Cc3cccc(C(F)(F)F)c3)nn2)N1. The summed E-state index contributed by atoms with van der Waals surface area (Å²) in [7, 11) is 0. The van der Waals surface area contributed by atoms with Crippen LogP contribution in [0.5, 0.6) is 0 Å². The molecule has 1 aromatic heterocycles. The molecule has 6 nitrogen and oxygen atoms in total. The Morgan fingerprint density at radius 1 is 1.20 bits per heavy atom. The Bertz CT molecular complexity index is 887. The molecule has 0 saturated carbocycles. The topological polar surface area (TPSA) is 71.8 Å². The number of hydrogen-bond donors (Lipinski definition) is 2. The summed E-state index contributed by atoms with van der Waals surface area (Å²) in [5.41, 5.74) is 0.742. The lowest BCUT2D eigenvalue weighted by atomic mass is 10.0. The van der Waals surface area contributed by atoms with Gasteiger partial charge in [0.1, 0.15) is 0 Å². The Morgan fingerprint density at radius 2 is 2.07 bits per heavy atom. The van der Waals surface area contributed by atoms with Crippen molar-refractivity contribution in [3.05, 3.63) is 47.3 Å². The van der Waals surface area contributed by atoms with E-state index in [1.54, 1.807) is 16.9 Å². The lowest BCUT2D eigenvalue weighted by molar-refractivity contribution is -0.137. The van der Waals surface area contributed by atoms with Crippen LogP contribution in [0.3, 0.4) is 0 Å². The van der Waals surface area contributed by atoms with Crippen LogP contribution in [0.4, 0.5) is 18.0 Å². The number of carbonyl (C=O) groups excluding carboxylic acids is 1. The van der Waals surface area contributed by atoms with E-state index in [1.807, 2.05) is 11.8 Å². The number of benzene rings is 1. The Hall–Kier alpha value is -2.23. The van der Waals surface area contributed by atoms with Gasteiger partial charge in [-0.2, -0.15) is 24.9 Å². The molecule has 2 fully saturated rings. The van der Waals surface area contributed by atoms with Gasteiger partial charge in [0.25, 0.3) is 0 Å². The van der Waals surface area contributed by atoms with Crippen LogP contribution in [-0.2, 0) is 19.1 Å². The number of halogens is 3. The standard InChI is InChI=1S/C20H24F3N5OS/c21-20(22,23)14-6-4-5-13(9-14)10-28-11-15(26-27-28)7-2-1-3-8-17-18-16(12-30-17)24-19(29)25-18/h4-6,9,11,16-18H,1-3,7-8,10,12H2,(H2,24,25,29)/t16-,17-,18-/m0/s1. The van der Waals surface area contributed by atoms with E-state index in [2.05, 4.69) is 20.9 Å². The van der Waals surface area contributed by atoms with Gasteiger partial charge in [-0.15, -0.1) is 5.10 Å². The van der Waals surface area contributed by atoms with Crippen LogP contribution in [0, 0.1) is 0 Å². The Labute approximate surface area is 177 Å². The van der Waals surface area contributed by atoms with Crippen molar-refractivity contribution < 1.29 is 18.0 Å². The fourth-order valence-corrected chi connectivity index (χ4v) is 5.58. The van der Waals surface area contributed by atoms with Gasteiger partial charge in [0.2, 0.25) is 0 Å². The monoisotopic (exact) mass is 439 g/mol. The molecule has 2 amide bonds. The second kappa shape index (κ2) is 8.87. The quantitative estimate of drug-likeness (QED) is 0.487. The number of fused-ring (bicyclic) bond motifs is 1. The number of rotatable bonds is 8. The molecule has 0 spiro atoms. The van der Waals surface area contributed by atoms with Crippen molar-refractivity contribution in [1.82, 2.24) is 25.6 Å². The zero-order chi connectivity index (χ0) is 21.1. The first-order chi connectivity index (χ1) is 14.4. The first-order valence-corrected chi connectivity index (χ1v) is 11.2. The second-order valence-electron chi connectivity index (χ2n) is 7.83. The summed E-state index contributed by atoms with van der Waals surface area (Å²) in [6, 6.07) is 5.74. The van der Waals surface area contributed by atoms with Crippen LogP contribution in [0.2, 0.25) is 0 Å². The van der Waals surface area contributed by atoms with Crippen LogP contribution >= 0.6 is 11.8 Å². The molecule has 4 rings (SSSR count). The summed E-state index contributed by atoms with van der Waals surface area (Å²) in [5, 5.41) is 14.6. The number of nitrogens with one attached hydrogen (secondary N) is 2. The Balaban J connectivity index is 1.19. The molecule has 2 aliphatic rings. The highest BCUT2D eigenvalue weighted by Gasteiger charge is 2.42. The minimum Gasteiger partial charge on any atom is -0.332 e. The molecule has 1 aromatic carbocycles. The van der Waals surface area contributed by atoms with E-state index in [1.165, 1.54) is 6.07 Å². The van der Waals surface area contributed by atoms with Crippen molar-refractivity contribution in [2.45, 2.75) is 62.2 Å². The minimum absolute atomic E-state index is 0.0523. The van der Waals surface area contributed by atoms with Crippen LogP contribution in [-0.4, -0.2) is 44.1 Å². The third-order valence-electron chi connectivity index (χ3n) is 5.54. The number of unbranched alkanes of at least 4 members (excludes halogenated alkanes) is 2. The van der Waals surface area contributed by atoms with Gasteiger partial charge in [-0.1, -0.05) is 30.2 Å². The van der Waals surface area contributed by atoms with Gasteiger partial charge in [-0.3, -0.25) is 0 Å². The Morgan fingerprint density at radius 3 is 2.90 bits per heavy atom. The maximum Gasteiger partial charge on any atom is 0.416 e. The summed E-state index contributed by atoms with van der Waals surface area (Å²) < 4.78 is 40.1. The van der Waals surface area contributed by atoms with Crippen molar-refractivity contribution in [2.24, 2.45) is 0 Å². The molecule has 2 aliphatic heterocycles. The number of carbonyl (C=O) groups is 1. The van der Waals surface area contributed by atoms with Gasteiger partial charge in [-0.25, -0.2) is 9.48 Å². The lowest BCUT2D eigenvalue weighted by Crippen LogP contribution is -2.36. The van der Waals surface area contributed by atoms with Crippen molar-refractivity contribution >= 4 is 17.8 Å². The van der Waals surface area contributed by atoms with E-state index < -0.39 is 11.7 Å². The zero-order valence-corrected chi connectivity index (χ0v) is 17.2. The van der Waals surface area contributed by atoms with Gasteiger partial charge in [0, 0.05) is 17.2 Å². The van der Waals surface area contributed by atoms with E-state index in [0.29, 0.717) is 10.8 Å². The van der Waals surface area contributed by atoms with E-state index in [4.69, 9.17) is 0 Å². The highest BCUT2D eigenvalue weighted by atomic mass is 32.2. The van der Waals surface area contributed by atoms with Gasteiger partial charge < -0.3 is 10.6 Å². The maximum absolute atomic E-state index is 12.8. The smallest absolute Gasteiger partial charge is 0.332 e. The number of amides is 2. The molecule has 0 radical (unpaired) electrons. The number of nitrogens with zero attached hydrogens (tertiary/aromatic N) is 3. The zero-order valence-electron chi connectivity index (χ0n) is 16.4. The first kappa shape index (κ1) is 21.0. The predicted octanol–water partition coefficient (Wildman–Crippen LogP) is 3.61. The molecule has 0 aliphatic carbocycles. The molecule has 2 saturated heterocycles. The molecule has 10 heteroatoms. The largest absolute Gasteiger partial charge is 0.416 e. The van der Waals surface area contributed by atoms with Crippen molar-refractivity contribution in [3.8, 4) is 0 Å². The molecule has 2 aromatic rings. The molecular formula is C20H24F3N5OS. The first-order valence-electron chi connectivity index (χ1n) is 10.1. The normalized spacial score (nSPS) is 23.3. The summed E-state index contributed by atoms with van der Waals surface area (Å²) >= 11 is 1.92. The molecule has 0 bridgehead atoms. The molecule has 3 heterocycles. The average Bonchev–Trinajstić information content (AvgIpc) is 3.38. The van der Waals surface area contributed by atoms with Crippen LogP contribution < -0.4 is 10.6 Å². The number of aromatic nitrogens is 3. The maximum atomic E-state index is 12.8. The molecular weight excluding hydrogens is 415 g/mol. The summed E-state index contributed by atoms with van der Waals surface area (Å²) in [5.74, 6) is 0.975. The van der Waals surface area contributed by atoms with E-state index in [0.717, 1.165) is 55.7 Å². The van der Waals surface area contributed by atoms with Crippen LogP contribution in [0.25, 0.3) is 0 Å². The molecule has 2 N–H and O–H groups in total. The average molecular weight is 440 g/mol. The van der Waals surface area contributed by atoms with Crippen LogP contribution in [0.1, 0.15) is 42.5 Å². The van der Waals surface area contributed by atoms with Crippen molar-refractivity contribution in [3.63, 3.8) is 0 Å². The fraction of sp³-hybridized carbons (Fsp3) is 0.550. The van der Waals surface area contributed by atoms with Crippen molar-refractivity contribution in [1.29, 1.82) is 0 Å². The van der Waals surface area contributed by atoms with Gasteiger partial charge in [0.05, 0.1) is 29.9 Å². The van der Waals surface area contributed by atoms with E-state index in [9.17, 15) is 18.0 Å². The summed E-state index contributed by atoms with van der Waals surface area (Å²) in [6.07, 6.45) is 2.48. The van der Waals surface area contributed by atoms with Crippen molar-refractivity contribution in [2.75, 3.05) is 5.75 Å². The molecule has 162 valence electrons. The number of aryl methyl sites for hydroxylation is 1. The number of thioether (sulfide) groups is 1. The third kappa shape index (κ3) is 5.08. The second-order valence-corrected chi connectivity index (χ2v) is 9.10. The molecule has 3 atom stereocenters. The number of alkyl halides is 3. The summed E-state index contributed by atoms with van der Waals surface area (Å²) in [6.45, 7) is 0.262. The number of hydrogen-bond acceptors (Lipinski definition) is 4. The van der Waals surface area contributed by atoms with Gasteiger partial charge in [-0.05, 0) is 37.0 Å². The van der Waals surface area contributed by atoms with Gasteiger partial charge in [0.15, 0.2) is 0 Å². The molecule has 0 unspecified atom stereocenters. The van der Waals surface area contributed by atoms with Crippen LogP contribution in [0.15, 0.2) is 30.5 Å². The highest BCUT2D eigenvalue weighted by Crippen LogP contribution is 2.33. The lowest BCUT2D eigenvalue weighted by Gasteiger charge is -2.16. The van der Waals surface area contributed by atoms with Gasteiger partial charge >= 0.3 is 12.2 Å². The number of urea groups is 1. The Kier molecular flexibility index (Phi) is 6.21. The summed E-state index contributed by atoms with van der Waals surface area (Å²) in [4.78, 5) is 11.4. The molecule has 30 heavy (non-hydrogen) atoms. The fourth-order valence-electron chi connectivity index (χ4n) is 4.03. The van der Waals surface area contributed by atoms with E-state index >= 15 is 0 Å². The minimum atomic E-state index is -4.35. The predicted molar refractivity (Wildman–Crippen MR) is 108 cm³/mol.